The molecular weight excluding hydrogens is 514 g/mol. The largest absolute Gasteiger partial charge is 0.495 e. The second-order valence-corrected chi connectivity index (χ2v) is 12.1. The number of nitrogens with zero attached hydrogens (tertiary/aromatic N) is 4. The number of aliphatic hydroxyl groups excluding tert-OH is 1. The number of thiazole rings is 1. The molecule has 2 aromatic heterocycles. The number of amides is 1. The van der Waals surface area contributed by atoms with Gasteiger partial charge in [0.05, 0.1) is 41.8 Å². The number of aliphatic hydroxyl groups is 1. The number of nitrogens with two attached hydrogens (primary N) is 1. The first-order valence-electron chi connectivity index (χ1n) is 13.9. The van der Waals surface area contributed by atoms with Gasteiger partial charge in [0.15, 0.2) is 5.13 Å². The average molecular weight is 552 g/mol. The van der Waals surface area contributed by atoms with Crippen LogP contribution in [0.1, 0.15) is 44.7 Å². The maximum atomic E-state index is 11.4. The van der Waals surface area contributed by atoms with E-state index in [1.165, 1.54) is 0 Å². The highest BCUT2D eigenvalue weighted by atomic mass is 32.1. The minimum atomic E-state index is -0.365. The Morgan fingerprint density at radius 1 is 1.21 bits per heavy atom. The van der Waals surface area contributed by atoms with E-state index in [0.29, 0.717) is 18.7 Å². The number of rotatable bonds is 8. The summed E-state index contributed by atoms with van der Waals surface area (Å²) in [6.45, 7) is 5.42. The summed E-state index contributed by atoms with van der Waals surface area (Å²) in [6.07, 6.45) is 5.89. The number of fused-ring (bicyclic) bond motifs is 1. The van der Waals surface area contributed by atoms with Crippen LogP contribution in [0.5, 0.6) is 5.75 Å². The summed E-state index contributed by atoms with van der Waals surface area (Å²) in [5.41, 5.74) is 9.22. The molecule has 2 aliphatic carbocycles. The molecule has 2 saturated carbocycles. The fourth-order valence-electron chi connectivity index (χ4n) is 6.26. The van der Waals surface area contributed by atoms with Gasteiger partial charge in [0.2, 0.25) is 5.91 Å². The molecule has 208 valence electrons. The second-order valence-electron chi connectivity index (χ2n) is 11.1. The van der Waals surface area contributed by atoms with Crippen LogP contribution in [-0.2, 0) is 16.1 Å². The van der Waals surface area contributed by atoms with Crippen LogP contribution >= 0.6 is 11.3 Å². The van der Waals surface area contributed by atoms with Gasteiger partial charge in [-0.2, -0.15) is 0 Å². The molecule has 6 rings (SSSR count). The van der Waals surface area contributed by atoms with Crippen LogP contribution in [0.2, 0.25) is 0 Å². The molecule has 0 bridgehead atoms. The Labute approximate surface area is 232 Å². The molecule has 3 N–H and O–H groups in total. The summed E-state index contributed by atoms with van der Waals surface area (Å²) in [5.74, 6) is 0.688. The molecule has 3 aromatic rings. The quantitative estimate of drug-likeness (QED) is 0.437. The van der Waals surface area contributed by atoms with Crippen LogP contribution in [0.3, 0.4) is 0 Å². The van der Waals surface area contributed by atoms with Crippen LogP contribution in [0.15, 0.2) is 30.5 Å². The van der Waals surface area contributed by atoms with E-state index in [9.17, 15) is 9.90 Å². The fraction of sp³-hybridized carbons (Fsp3) is 0.552. The summed E-state index contributed by atoms with van der Waals surface area (Å²) in [4.78, 5) is 25.9. The normalized spacial score (nSPS) is 27.6. The summed E-state index contributed by atoms with van der Waals surface area (Å²) in [7, 11) is 1.71. The molecular formula is C29H37N5O4S. The van der Waals surface area contributed by atoms with E-state index >= 15 is 0 Å². The van der Waals surface area contributed by atoms with E-state index in [0.717, 1.165) is 89.7 Å². The van der Waals surface area contributed by atoms with Crippen LogP contribution in [-0.4, -0.2) is 76.9 Å². The smallest absolute Gasteiger partial charge is 0.220 e. The summed E-state index contributed by atoms with van der Waals surface area (Å²) >= 11 is 1.67. The second kappa shape index (κ2) is 11.0. The van der Waals surface area contributed by atoms with Crippen molar-refractivity contribution in [1.29, 1.82) is 0 Å². The molecule has 0 spiro atoms. The Morgan fingerprint density at radius 2 is 2.05 bits per heavy atom. The zero-order valence-electron chi connectivity index (χ0n) is 22.6. The minimum absolute atomic E-state index is 0.0387. The SMILES string of the molecule is COc1c(-c2ccc(CO[C@H]3CCC[C@@H]3O)nc2)ccc2nc(N3CCN(C4CC(C(N)=O)C4)[C@@H](C)C3)sc12. The number of ether oxygens (including phenoxy) is 2. The monoisotopic (exact) mass is 551 g/mol. The number of hydrogen-bond acceptors (Lipinski definition) is 9. The van der Waals surface area contributed by atoms with E-state index in [-0.39, 0.29) is 24.0 Å². The van der Waals surface area contributed by atoms with Gasteiger partial charge in [0.25, 0.3) is 0 Å². The number of pyridine rings is 1. The maximum absolute atomic E-state index is 11.4. The summed E-state index contributed by atoms with van der Waals surface area (Å²) in [6, 6.07) is 8.98. The van der Waals surface area contributed by atoms with Gasteiger partial charge in [0.1, 0.15) is 5.75 Å². The third-order valence-electron chi connectivity index (χ3n) is 8.64. The molecule has 0 unspecified atom stereocenters. The molecule has 0 radical (unpaired) electrons. The molecule has 9 nitrogen and oxygen atoms in total. The first kappa shape index (κ1) is 26.4. The molecule has 3 fully saturated rings. The number of benzene rings is 1. The van der Waals surface area contributed by atoms with Crippen molar-refractivity contribution in [3.8, 4) is 16.9 Å². The lowest BCUT2D eigenvalue weighted by Gasteiger charge is -2.49. The lowest BCUT2D eigenvalue weighted by Crippen LogP contribution is -2.59. The van der Waals surface area contributed by atoms with Crippen molar-refractivity contribution in [2.45, 2.75) is 69.9 Å². The first-order chi connectivity index (χ1) is 18.9. The number of carbonyl (C=O) groups is 1. The van der Waals surface area contributed by atoms with Gasteiger partial charge in [-0.3, -0.25) is 14.7 Å². The number of piperazine rings is 1. The van der Waals surface area contributed by atoms with Crippen LogP contribution in [0.4, 0.5) is 5.13 Å². The first-order valence-corrected chi connectivity index (χ1v) is 14.8. The molecule has 3 heterocycles. The lowest BCUT2D eigenvalue weighted by atomic mass is 9.78. The van der Waals surface area contributed by atoms with Crippen molar-refractivity contribution < 1.29 is 19.4 Å². The molecule has 3 aliphatic rings. The third-order valence-corrected chi connectivity index (χ3v) is 9.77. The predicted octanol–water partition coefficient (Wildman–Crippen LogP) is 3.57. The highest BCUT2D eigenvalue weighted by molar-refractivity contribution is 7.22. The van der Waals surface area contributed by atoms with Crippen molar-refractivity contribution in [2.24, 2.45) is 11.7 Å². The maximum Gasteiger partial charge on any atom is 0.220 e. The van der Waals surface area contributed by atoms with Crippen molar-refractivity contribution in [1.82, 2.24) is 14.9 Å². The van der Waals surface area contributed by atoms with E-state index < -0.39 is 0 Å². The van der Waals surface area contributed by atoms with Crippen molar-refractivity contribution in [3.63, 3.8) is 0 Å². The highest BCUT2D eigenvalue weighted by Gasteiger charge is 2.40. The third kappa shape index (κ3) is 5.23. The number of carbonyl (C=O) groups excluding carboxylic acids is 1. The number of anilines is 1. The number of methoxy groups -OCH3 is 1. The number of hydrogen-bond donors (Lipinski definition) is 2. The molecule has 1 amide bonds. The molecule has 1 aromatic carbocycles. The summed E-state index contributed by atoms with van der Waals surface area (Å²) in [5, 5.41) is 11.0. The zero-order chi connectivity index (χ0) is 27.1. The number of primary amides is 1. The van der Waals surface area contributed by atoms with E-state index in [4.69, 9.17) is 20.2 Å². The van der Waals surface area contributed by atoms with E-state index in [2.05, 4.69) is 33.8 Å². The Balaban J connectivity index is 1.15. The van der Waals surface area contributed by atoms with Gasteiger partial charge in [-0.15, -0.1) is 0 Å². The topological polar surface area (TPSA) is 114 Å². The Hall–Kier alpha value is -2.79. The Bertz CT molecular complexity index is 1330. The predicted molar refractivity (Wildman–Crippen MR) is 152 cm³/mol. The molecule has 3 atom stereocenters. The van der Waals surface area contributed by atoms with Crippen molar-refractivity contribution >= 4 is 32.6 Å². The molecule has 39 heavy (non-hydrogen) atoms. The van der Waals surface area contributed by atoms with Crippen LogP contribution < -0.4 is 15.4 Å². The van der Waals surface area contributed by atoms with Crippen molar-refractivity contribution in [2.75, 3.05) is 31.6 Å². The van der Waals surface area contributed by atoms with Gasteiger partial charge in [-0.05, 0) is 57.2 Å². The highest BCUT2D eigenvalue weighted by Crippen LogP contribution is 2.42. The zero-order valence-corrected chi connectivity index (χ0v) is 23.4. The van der Waals surface area contributed by atoms with Gasteiger partial charge in [0, 0.05) is 55.0 Å². The lowest BCUT2D eigenvalue weighted by molar-refractivity contribution is -0.127. The molecule has 1 saturated heterocycles. The van der Waals surface area contributed by atoms with Gasteiger partial charge < -0.3 is 25.2 Å². The Morgan fingerprint density at radius 3 is 2.72 bits per heavy atom. The number of aromatic nitrogens is 2. The van der Waals surface area contributed by atoms with Crippen molar-refractivity contribution in [3.05, 3.63) is 36.2 Å². The Kier molecular flexibility index (Phi) is 7.45. The molecule has 1 aliphatic heterocycles. The van der Waals surface area contributed by atoms with Gasteiger partial charge >= 0.3 is 0 Å². The molecule has 10 heteroatoms. The van der Waals surface area contributed by atoms with E-state index in [1.807, 2.05) is 18.3 Å². The van der Waals surface area contributed by atoms with Gasteiger partial charge in [-0.1, -0.05) is 17.4 Å². The average Bonchev–Trinajstić information content (AvgIpc) is 3.53. The van der Waals surface area contributed by atoms with Crippen LogP contribution in [0, 0.1) is 5.92 Å². The van der Waals surface area contributed by atoms with E-state index in [1.54, 1.807) is 18.4 Å². The standard InChI is InChI=1S/C29H37N5O4S/c1-17-15-33(10-11-34(17)21-12-19(13-21)28(30)36)29-32-23-9-8-22(26(37-2)27(23)39-29)18-6-7-20(31-14-18)16-38-25-5-3-4-24(25)35/h6-9,14,17,19,21,24-25,35H,3-5,10-13,15-16H2,1-2H3,(H2,30,36)/t17-,19?,21?,24-,25-/m0/s1. The minimum Gasteiger partial charge on any atom is -0.495 e. The van der Waals surface area contributed by atoms with Crippen LogP contribution in [0.25, 0.3) is 21.3 Å². The fourth-order valence-corrected chi connectivity index (χ4v) is 7.39. The van der Waals surface area contributed by atoms with Gasteiger partial charge in [-0.25, -0.2) is 4.98 Å². The summed E-state index contributed by atoms with van der Waals surface area (Å²) < 4.78 is 12.8.